The van der Waals surface area contributed by atoms with Crippen LogP contribution in [0.25, 0.3) is 0 Å². The van der Waals surface area contributed by atoms with Gasteiger partial charge in [0.25, 0.3) is 5.91 Å². The van der Waals surface area contributed by atoms with E-state index in [0.717, 1.165) is 80.6 Å². The molecule has 6 rings (SSSR count). The van der Waals surface area contributed by atoms with Gasteiger partial charge in [-0.2, -0.15) is 0 Å². The van der Waals surface area contributed by atoms with E-state index in [4.69, 9.17) is 4.74 Å². The van der Waals surface area contributed by atoms with Gasteiger partial charge in [-0.05, 0) is 98.0 Å². The van der Waals surface area contributed by atoms with Crippen LogP contribution in [-0.4, -0.2) is 66.2 Å². The maximum atomic E-state index is 13.5. The first kappa shape index (κ1) is 35.6. The van der Waals surface area contributed by atoms with Gasteiger partial charge < -0.3 is 20.3 Å². The number of halogens is 2. The van der Waals surface area contributed by atoms with Crippen molar-refractivity contribution in [2.24, 2.45) is 11.8 Å². The molecule has 2 saturated heterocycles. The SMILES string of the molecule is O=C(Cc1ccccc1)Nc1nnc(N2CCC(CCOCc3ccc(C(=O)NCC4CCN(Cc5cc(F)cc(F)c5)CC4)cc3)CC2)s1. The number of piperidine rings is 2. The number of likely N-dealkylation sites (tertiary alicyclic amines) is 1. The van der Waals surface area contributed by atoms with Crippen molar-refractivity contribution in [3.8, 4) is 0 Å². The Hall–Kier alpha value is -4.26. The second-order valence-electron chi connectivity index (χ2n) is 13.3. The molecular formula is C38H44F2N6O3S. The van der Waals surface area contributed by atoms with Gasteiger partial charge in [0, 0.05) is 44.4 Å². The molecule has 2 fully saturated rings. The molecule has 2 aliphatic heterocycles. The van der Waals surface area contributed by atoms with E-state index in [-0.39, 0.29) is 11.8 Å². The number of ether oxygens (including phenoxy) is 1. The van der Waals surface area contributed by atoms with E-state index >= 15 is 0 Å². The first-order valence-electron chi connectivity index (χ1n) is 17.4. The maximum absolute atomic E-state index is 13.5. The number of nitrogens with zero attached hydrogens (tertiary/aromatic N) is 4. The predicted octanol–water partition coefficient (Wildman–Crippen LogP) is 6.46. The number of anilines is 2. The van der Waals surface area contributed by atoms with Crippen molar-refractivity contribution in [3.63, 3.8) is 0 Å². The normalized spacial score (nSPS) is 16.0. The first-order valence-corrected chi connectivity index (χ1v) is 18.2. The van der Waals surface area contributed by atoms with Crippen molar-refractivity contribution in [2.75, 3.05) is 49.5 Å². The van der Waals surface area contributed by atoms with Crippen molar-refractivity contribution in [1.82, 2.24) is 20.4 Å². The van der Waals surface area contributed by atoms with E-state index in [0.29, 0.717) is 60.8 Å². The van der Waals surface area contributed by atoms with Gasteiger partial charge in [0.15, 0.2) is 0 Å². The molecule has 2 amide bonds. The molecule has 1 aromatic heterocycles. The van der Waals surface area contributed by atoms with Crippen LogP contribution in [0.2, 0.25) is 0 Å². The molecule has 12 heteroatoms. The maximum Gasteiger partial charge on any atom is 0.251 e. The number of rotatable bonds is 14. The number of carbonyl (C=O) groups excluding carboxylic acids is 2. The van der Waals surface area contributed by atoms with Crippen molar-refractivity contribution < 1.29 is 23.1 Å². The van der Waals surface area contributed by atoms with Gasteiger partial charge in [-0.25, -0.2) is 8.78 Å². The van der Waals surface area contributed by atoms with Gasteiger partial charge >= 0.3 is 0 Å². The quantitative estimate of drug-likeness (QED) is 0.146. The van der Waals surface area contributed by atoms with Gasteiger partial charge in [0.05, 0.1) is 13.0 Å². The highest BCUT2D eigenvalue weighted by molar-refractivity contribution is 7.19. The topological polar surface area (TPSA) is 99.7 Å². The van der Waals surface area contributed by atoms with E-state index < -0.39 is 11.6 Å². The fourth-order valence-corrected chi connectivity index (χ4v) is 7.40. The summed E-state index contributed by atoms with van der Waals surface area (Å²) in [5, 5.41) is 15.8. The molecule has 264 valence electrons. The Morgan fingerprint density at radius 3 is 2.24 bits per heavy atom. The molecule has 0 bridgehead atoms. The zero-order valence-corrected chi connectivity index (χ0v) is 29.0. The third-order valence-electron chi connectivity index (χ3n) is 9.50. The Morgan fingerprint density at radius 1 is 0.820 bits per heavy atom. The third kappa shape index (κ3) is 10.6. The molecule has 9 nitrogen and oxygen atoms in total. The van der Waals surface area contributed by atoms with Crippen LogP contribution < -0.4 is 15.5 Å². The monoisotopic (exact) mass is 702 g/mol. The fourth-order valence-electron chi connectivity index (χ4n) is 6.59. The molecule has 50 heavy (non-hydrogen) atoms. The van der Waals surface area contributed by atoms with Crippen LogP contribution in [0, 0.1) is 23.5 Å². The van der Waals surface area contributed by atoms with E-state index in [1.54, 1.807) is 0 Å². The number of amides is 2. The highest BCUT2D eigenvalue weighted by Gasteiger charge is 2.23. The lowest BCUT2D eigenvalue weighted by Crippen LogP contribution is -2.38. The first-order chi connectivity index (χ1) is 24.4. The smallest absolute Gasteiger partial charge is 0.251 e. The average molecular weight is 703 g/mol. The molecule has 0 spiro atoms. The van der Waals surface area contributed by atoms with Crippen LogP contribution in [0.15, 0.2) is 72.8 Å². The Morgan fingerprint density at radius 2 is 1.52 bits per heavy atom. The molecule has 4 aromatic rings. The summed E-state index contributed by atoms with van der Waals surface area (Å²) in [7, 11) is 0. The molecule has 3 aromatic carbocycles. The highest BCUT2D eigenvalue weighted by atomic mass is 32.1. The Bertz CT molecular complexity index is 1670. The number of hydrogen-bond donors (Lipinski definition) is 2. The zero-order chi connectivity index (χ0) is 34.7. The molecule has 0 unspecified atom stereocenters. The molecule has 0 aliphatic carbocycles. The van der Waals surface area contributed by atoms with Crippen molar-refractivity contribution in [2.45, 2.75) is 51.7 Å². The van der Waals surface area contributed by atoms with Crippen LogP contribution in [0.3, 0.4) is 0 Å². The van der Waals surface area contributed by atoms with Crippen LogP contribution in [-0.2, 0) is 29.1 Å². The second kappa shape index (κ2) is 17.6. The van der Waals surface area contributed by atoms with Gasteiger partial charge in [0.1, 0.15) is 11.6 Å². The second-order valence-corrected chi connectivity index (χ2v) is 14.2. The minimum Gasteiger partial charge on any atom is -0.377 e. The van der Waals surface area contributed by atoms with Crippen LogP contribution in [0.4, 0.5) is 19.0 Å². The van der Waals surface area contributed by atoms with Crippen molar-refractivity contribution >= 4 is 33.4 Å². The van der Waals surface area contributed by atoms with Crippen LogP contribution in [0.1, 0.15) is 59.2 Å². The molecule has 0 atom stereocenters. The molecule has 2 aliphatic rings. The lowest BCUT2D eigenvalue weighted by atomic mass is 9.94. The zero-order valence-electron chi connectivity index (χ0n) is 28.2. The standard InChI is InChI=1S/C38H44F2N6O3S/c39-33-20-31(21-34(40)23-33)25-45-15-10-29(11-16-45)24-41-36(48)32-8-6-30(7-9-32)26-49-19-14-27-12-17-46(18-13-27)38-44-43-37(50-38)42-35(47)22-28-4-2-1-3-5-28/h1-9,20-21,23,27,29H,10-19,22,24-26H2,(H,41,48)(H,42,43,47). The summed E-state index contributed by atoms with van der Waals surface area (Å²) in [6.07, 6.45) is 5.26. The minimum atomic E-state index is -0.549. The fraction of sp³-hybridized carbons (Fsp3) is 0.421. The number of carbonyl (C=O) groups is 2. The molecular weight excluding hydrogens is 659 g/mol. The van der Waals surface area contributed by atoms with E-state index in [9.17, 15) is 18.4 Å². The molecule has 0 radical (unpaired) electrons. The molecule has 3 heterocycles. The number of aromatic nitrogens is 2. The summed E-state index contributed by atoms with van der Waals surface area (Å²) < 4.78 is 33.0. The summed E-state index contributed by atoms with van der Waals surface area (Å²) in [6.45, 7) is 5.78. The van der Waals surface area contributed by atoms with Crippen molar-refractivity contribution in [3.05, 3.63) is 107 Å². The van der Waals surface area contributed by atoms with E-state index in [1.165, 1.54) is 23.5 Å². The van der Waals surface area contributed by atoms with E-state index in [2.05, 4.69) is 30.6 Å². The lowest BCUT2D eigenvalue weighted by molar-refractivity contribution is -0.115. The lowest BCUT2D eigenvalue weighted by Gasteiger charge is -2.32. The summed E-state index contributed by atoms with van der Waals surface area (Å²) in [5.74, 6) is -0.318. The van der Waals surface area contributed by atoms with Crippen LogP contribution >= 0.6 is 11.3 Å². The Balaban J connectivity index is 0.826. The van der Waals surface area contributed by atoms with Crippen molar-refractivity contribution in [1.29, 1.82) is 0 Å². The number of benzene rings is 3. The van der Waals surface area contributed by atoms with Gasteiger partial charge in [-0.15, -0.1) is 10.2 Å². The summed E-state index contributed by atoms with van der Waals surface area (Å²) in [4.78, 5) is 29.6. The average Bonchev–Trinajstić information content (AvgIpc) is 3.58. The highest BCUT2D eigenvalue weighted by Crippen LogP contribution is 2.29. The van der Waals surface area contributed by atoms with E-state index in [1.807, 2.05) is 54.6 Å². The van der Waals surface area contributed by atoms with Crippen LogP contribution in [0.5, 0.6) is 0 Å². The number of nitrogens with one attached hydrogen (secondary N) is 2. The van der Waals surface area contributed by atoms with Gasteiger partial charge in [0.2, 0.25) is 16.2 Å². The Labute approximate surface area is 296 Å². The molecule has 0 saturated carbocycles. The molecule has 2 N–H and O–H groups in total. The predicted molar refractivity (Wildman–Crippen MR) is 191 cm³/mol. The van der Waals surface area contributed by atoms with Gasteiger partial charge in [-0.3, -0.25) is 14.5 Å². The minimum absolute atomic E-state index is 0.0842. The summed E-state index contributed by atoms with van der Waals surface area (Å²) in [6, 6.07) is 20.9. The largest absolute Gasteiger partial charge is 0.377 e. The summed E-state index contributed by atoms with van der Waals surface area (Å²) in [5.41, 5.74) is 3.26. The third-order valence-corrected chi connectivity index (χ3v) is 10.4. The van der Waals surface area contributed by atoms with Gasteiger partial charge in [-0.1, -0.05) is 53.8 Å². The summed E-state index contributed by atoms with van der Waals surface area (Å²) >= 11 is 1.41. The number of hydrogen-bond acceptors (Lipinski definition) is 8. The Kier molecular flexibility index (Phi) is 12.5.